The molecule has 4 atom stereocenters. The average Bonchev–Trinajstić information content (AvgIpc) is 2.94. The molecule has 0 aromatic carbocycles. The number of anilines is 1. The zero-order chi connectivity index (χ0) is 13.6. The van der Waals surface area contributed by atoms with Gasteiger partial charge in [-0.15, -0.1) is 0 Å². The number of rotatable bonds is 2. The van der Waals surface area contributed by atoms with Crippen LogP contribution in [0.2, 0.25) is 0 Å². The lowest BCUT2D eigenvalue weighted by Crippen LogP contribution is -2.30. The molecule has 0 amide bonds. The zero-order valence-corrected chi connectivity index (χ0v) is 10.7. The number of thiol groups is 1. The Morgan fingerprint density at radius 3 is 2.89 bits per heavy atom. The molecule has 19 heavy (non-hydrogen) atoms. The number of nitrogen functional groups attached to an aromatic ring is 1. The number of aliphatic hydroxyl groups excluding tert-OH is 2. The first kappa shape index (κ1) is 12.6. The summed E-state index contributed by atoms with van der Waals surface area (Å²) in [6.45, 7) is -0.279. The molecule has 2 aromatic heterocycles. The normalized spacial score (nSPS) is 31.1. The number of hydrogen-bond donors (Lipinski definition) is 4. The Bertz CT molecular complexity index is 606. The number of imidazole rings is 1. The lowest BCUT2D eigenvalue weighted by molar-refractivity contribution is -0.0430. The molecule has 3 heterocycles. The van der Waals surface area contributed by atoms with Crippen molar-refractivity contribution >= 4 is 29.6 Å². The number of aliphatic hydroxyl groups is 2. The van der Waals surface area contributed by atoms with Crippen LogP contribution in [0.4, 0.5) is 5.82 Å². The van der Waals surface area contributed by atoms with Crippen LogP contribution in [0, 0.1) is 0 Å². The van der Waals surface area contributed by atoms with Gasteiger partial charge in [-0.05, 0) is 0 Å². The Labute approximate surface area is 113 Å². The minimum Gasteiger partial charge on any atom is -0.394 e. The first-order valence-corrected chi connectivity index (χ1v) is 6.20. The highest BCUT2D eigenvalue weighted by atomic mass is 32.1. The lowest BCUT2D eigenvalue weighted by atomic mass is 10.2. The summed E-state index contributed by atoms with van der Waals surface area (Å²) in [5.74, 6) is 0.275. The van der Waals surface area contributed by atoms with Crippen LogP contribution < -0.4 is 5.73 Å². The fourth-order valence-electron chi connectivity index (χ4n) is 2.17. The number of nitrogens with two attached hydrogens (primary N) is 1. The van der Waals surface area contributed by atoms with E-state index in [2.05, 4.69) is 27.6 Å². The van der Waals surface area contributed by atoms with Crippen LogP contribution in [0.15, 0.2) is 12.7 Å². The molecule has 0 aliphatic carbocycles. The van der Waals surface area contributed by atoms with E-state index in [9.17, 15) is 5.11 Å². The van der Waals surface area contributed by atoms with Crippen LogP contribution in [0.25, 0.3) is 11.2 Å². The van der Waals surface area contributed by atoms with Gasteiger partial charge in [0, 0.05) is 0 Å². The van der Waals surface area contributed by atoms with Crippen molar-refractivity contribution in [3.63, 3.8) is 0 Å². The second-order valence-electron chi connectivity index (χ2n) is 4.31. The smallest absolute Gasteiger partial charge is 0.167 e. The van der Waals surface area contributed by atoms with E-state index < -0.39 is 23.7 Å². The minimum atomic E-state index is -0.866. The zero-order valence-electron chi connectivity index (χ0n) is 9.79. The molecule has 0 saturated carbocycles. The Balaban J connectivity index is 2.04. The van der Waals surface area contributed by atoms with Gasteiger partial charge in [-0.3, -0.25) is 4.57 Å². The highest BCUT2D eigenvalue weighted by Crippen LogP contribution is 2.34. The molecule has 1 aliphatic heterocycles. The summed E-state index contributed by atoms with van der Waals surface area (Å²) in [7, 11) is 0. The topological polar surface area (TPSA) is 119 Å². The van der Waals surface area contributed by atoms with Crippen molar-refractivity contribution in [3.8, 4) is 0 Å². The molecule has 102 valence electrons. The maximum Gasteiger partial charge on any atom is 0.167 e. The number of aromatic nitrogens is 4. The van der Waals surface area contributed by atoms with Gasteiger partial charge in [0.1, 0.15) is 17.9 Å². The largest absolute Gasteiger partial charge is 0.394 e. The van der Waals surface area contributed by atoms with Crippen molar-refractivity contribution in [1.29, 1.82) is 0 Å². The third kappa shape index (κ3) is 1.86. The third-order valence-corrected chi connectivity index (χ3v) is 3.74. The molecule has 0 radical (unpaired) electrons. The Hall–Kier alpha value is -1.42. The predicted octanol–water partition coefficient (Wildman–Crippen LogP) is -1.04. The molecule has 0 bridgehead atoms. The van der Waals surface area contributed by atoms with Crippen molar-refractivity contribution in [1.82, 2.24) is 19.5 Å². The van der Waals surface area contributed by atoms with E-state index in [1.54, 1.807) is 4.57 Å². The molecule has 4 N–H and O–H groups in total. The van der Waals surface area contributed by atoms with Gasteiger partial charge in [0.25, 0.3) is 0 Å². The molecule has 1 aliphatic rings. The highest BCUT2D eigenvalue weighted by molar-refractivity contribution is 7.81. The Morgan fingerprint density at radius 2 is 2.21 bits per heavy atom. The van der Waals surface area contributed by atoms with Crippen LogP contribution >= 0.6 is 12.6 Å². The molecule has 2 aromatic rings. The van der Waals surface area contributed by atoms with Gasteiger partial charge in [0.15, 0.2) is 17.7 Å². The second kappa shape index (κ2) is 4.60. The summed E-state index contributed by atoms with van der Waals surface area (Å²) >= 11 is 4.32. The van der Waals surface area contributed by atoms with Gasteiger partial charge in [0.2, 0.25) is 0 Å². The van der Waals surface area contributed by atoms with Crippen molar-refractivity contribution in [2.24, 2.45) is 0 Å². The summed E-state index contributed by atoms with van der Waals surface area (Å²) in [5.41, 5.74) is 6.68. The molecular formula is C10H13N5O3S. The minimum absolute atomic E-state index is 0.275. The Morgan fingerprint density at radius 1 is 1.42 bits per heavy atom. The van der Waals surface area contributed by atoms with Crippen LogP contribution in [0.3, 0.4) is 0 Å². The first-order chi connectivity index (χ1) is 9.13. The van der Waals surface area contributed by atoms with E-state index in [4.69, 9.17) is 15.6 Å². The van der Waals surface area contributed by atoms with Crippen molar-refractivity contribution in [2.75, 3.05) is 12.3 Å². The molecule has 8 nitrogen and oxygen atoms in total. The van der Waals surface area contributed by atoms with E-state index in [0.29, 0.717) is 11.2 Å². The summed E-state index contributed by atoms with van der Waals surface area (Å²) in [6.07, 6.45) is 0.725. The second-order valence-corrected chi connectivity index (χ2v) is 4.91. The van der Waals surface area contributed by atoms with E-state index in [0.717, 1.165) is 0 Å². The van der Waals surface area contributed by atoms with Gasteiger partial charge < -0.3 is 20.7 Å². The van der Waals surface area contributed by atoms with Crippen molar-refractivity contribution in [3.05, 3.63) is 12.7 Å². The van der Waals surface area contributed by atoms with Crippen LogP contribution in [0.5, 0.6) is 0 Å². The van der Waals surface area contributed by atoms with E-state index in [-0.39, 0.29) is 12.4 Å². The maximum atomic E-state index is 9.90. The summed E-state index contributed by atoms with van der Waals surface area (Å²) < 4.78 is 7.20. The summed E-state index contributed by atoms with van der Waals surface area (Å²) in [6, 6.07) is 0. The summed E-state index contributed by atoms with van der Waals surface area (Å²) in [4.78, 5) is 12.1. The van der Waals surface area contributed by atoms with Crippen molar-refractivity contribution in [2.45, 2.75) is 23.7 Å². The number of ether oxygens (including phenoxy) is 1. The van der Waals surface area contributed by atoms with Crippen LogP contribution in [-0.2, 0) is 4.74 Å². The number of hydrogen-bond acceptors (Lipinski definition) is 8. The molecule has 0 spiro atoms. The molecule has 3 rings (SSSR count). The van der Waals surface area contributed by atoms with Crippen molar-refractivity contribution < 1.29 is 14.9 Å². The van der Waals surface area contributed by atoms with Crippen LogP contribution in [0.1, 0.15) is 6.23 Å². The maximum absolute atomic E-state index is 9.90. The van der Waals surface area contributed by atoms with Gasteiger partial charge in [-0.1, -0.05) is 0 Å². The fraction of sp³-hybridized carbons (Fsp3) is 0.500. The molecule has 1 fully saturated rings. The van der Waals surface area contributed by atoms with Gasteiger partial charge in [0.05, 0.1) is 24.3 Å². The average molecular weight is 283 g/mol. The first-order valence-electron chi connectivity index (χ1n) is 5.69. The predicted molar refractivity (Wildman–Crippen MR) is 69.5 cm³/mol. The molecular weight excluding hydrogens is 270 g/mol. The standard InChI is InChI=1S/C10H13N5O3S/c11-8-5-9(13-2-12-8)15(3-14-5)10-7(19)6(17)4(1-16)18-10/h2-4,6-7,10,16-17,19H,1H2,(H2,11,12,13)/t4-,6?,7?,10-/m1/s1. The lowest BCUT2D eigenvalue weighted by Gasteiger charge is -2.16. The van der Waals surface area contributed by atoms with Gasteiger partial charge in [-0.25, -0.2) is 15.0 Å². The highest BCUT2D eigenvalue weighted by Gasteiger charge is 2.42. The number of fused-ring (bicyclic) bond motifs is 1. The molecule has 1 saturated heterocycles. The van der Waals surface area contributed by atoms with E-state index in [1.165, 1.54) is 12.7 Å². The SMILES string of the molecule is Nc1ncnc2c1ncn2[C@@H]1O[C@H](CO)C(O)C1S. The van der Waals surface area contributed by atoms with Gasteiger partial charge >= 0.3 is 0 Å². The van der Waals surface area contributed by atoms with Crippen LogP contribution in [-0.4, -0.2) is 53.8 Å². The third-order valence-electron chi connectivity index (χ3n) is 3.18. The summed E-state index contributed by atoms with van der Waals surface area (Å²) in [5, 5.41) is 18.5. The molecule has 9 heteroatoms. The quantitative estimate of drug-likeness (QED) is 0.520. The Kier molecular flexibility index (Phi) is 3.05. The van der Waals surface area contributed by atoms with E-state index in [1.807, 2.05) is 0 Å². The fourth-order valence-corrected chi connectivity index (χ4v) is 2.57. The monoisotopic (exact) mass is 283 g/mol. The van der Waals surface area contributed by atoms with E-state index >= 15 is 0 Å². The van der Waals surface area contributed by atoms with Gasteiger partial charge in [-0.2, -0.15) is 12.6 Å². The number of nitrogens with zero attached hydrogens (tertiary/aromatic N) is 4. The molecule has 2 unspecified atom stereocenters.